The highest BCUT2D eigenvalue weighted by Crippen LogP contribution is 2.33. The van der Waals surface area contributed by atoms with Crippen LogP contribution in [0.3, 0.4) is 0 Å². The molecule has 0 aliphatic rings. The number of ether oxygens (including phenoxy) is 2. The van der Waals surface area contributed by atoms with Gasteiger partial charge in [-0.25, -0.2) is 4.39 Å². The molecular formula is C9H11BrFNO2. The van der Waals surface area contributed by atoms with Gasteiger partial charge in [0.25, 0.3) is 0 Å². The van der Waals surface area contributed by atoms with Gasteiger partial charge in [-0.05, 0) is 12.1 Å². The van der Waals surface area contributed by atoms with E-state index in [1.165, 1.54) is 13.2 Å². The van der Waals surface area contributed by atoms with Gasteiger partial charge >= 0.3 is 0 Å². The summed E-state index contributed by atoms with van der Waals surface area (Å²) in [5.41, 5.74) is 5.25. The summed E-state index contributed by atoms with van der Waals surface area (Å²) in [6, 6.07) is 2.95. The summed E-state index contributed by atoms with van der Waals surface area (Å²) >= 11 is 3.16. The summed E-state index contributed by atoms with van der Waals surface area (Å²) < 4.78 is 24.0. The molecule has 0 spiro atoms. The van der Waals surface area contributed by atoms with Crippen molar-refractivity contribution >= 4 is 15.9 Å². The number of halogens is 2. The van der Waals surface area contributed by atoms with Crippen LogP contribution in [0.5, 0.6) is 11.5 Å². The van der Waals surface area contributed by atoms with Crippen LogP contribution in [0.25, 0.3) is 0 Å². The number of methoxy groups -OCH3 is 1. The normalized spacial score (nSPS) is 10.0. The Bertz CT molecular complexity index is 320. The van der Waals surface area contributed by atoms with Crippen molar-refractivity contribution in [3.63, 3.8) is 0 Å². The molecule has 78 valence electrons. The number of hydrogen-bond acceptors (Lipinski definition) is 3. The minimum absolute atomic E-state index is 0.0983. The summed E-state index contributed by atoms with van der Waals surface area (Å²) in [7, 11) is 1.45. The Hall–Kier alpha value is -0.810. The van der Waals surface area contributed by atoms with E-state index >= 15 is 0 Å². The Morgan fingerprint density at radius 2 is 2.21 bits per heavy atom. The van der Waals surface area contributed by atoms with Crippen LogP contribution in [0.1, 0.15) is 0 Å². The first-order valence-electron chi connectivity index (χ1n) is 4.05. The maximum atomic E-state index is 13.3. The third-order valence-electron chi connectivity index (χ3n) is 1.56. The van der Waals surface area contributed by atoms with Gasteiger partial charge in [-0.3, -0.25) is 0 Å². The van der Waals surface area contributed by atoms with Gasteiger partial charge in [-0.2, -0.15) is 0 Å². The second-order valence-corrected chi connectivity index (χ2v) is 3.47. The predicted molar refractivity (Wildman–Crippen MR) is 55.2 cm³/mol. The molecule has 0 unspecified atom stereocenters. The Labute approximate surface area is 90.1 Å². The fourth-order valence-corrected chi connectivity index (χ4v) is 1.40. The molecule has 0 aromatic heterocycles. The van der Waals surface area contributed by atoms with Crippen LogP contribution >= 0.6 is 15.9 Å². The third kappa shape index (κ3) is 2.59. The molecule has 1 aromatic carbocycles. The fraction of sp³-hybridized carbons (Fsp3) is 0.333. The van der Waals surface area contributed by atoms with E-state index < -0.39 is 5.82 Å². The molecule has 5 heteroatoms. The van der Waals surface area contributed by atoms with Gasteiger partial charge in [0, 0.05) is 11.0 Å². The SMILES string of the molecule is COc1cc(Br)cc(F)c1OCCN. The van der Waals surface area contributed by atoms with Crippen LogP contribution in [-0.4, -0.2) is 20.3 Å². The zero-order chi connectivity index (χ0) is 10.6. The van der Waals surface area contributed by atoms with E-state index in [4.69, 9.17) is 15.2 Å². The van der Waals surface area contributed by atoms with E-state index in [1.807, 2.05) is 0 Å². The molecule has 3 nitrogen and oxygen atoms in total. The molecule has 0 amide bonds. The minimum atomic E-state index is -0.468. The van der Waals surface area contributed by atoms with Gasteiger partial charge in [-0.15, -0.1) is 0 Å². The minimum Gasteiger partial charge on any atom is -0.493 e. The number of nitrogens with two attached hydrogens (primary N) is 1. The van der Waals surface area contributed by atoms with Gasteiger partial charge < -0.3 is 15.2 Å². The van der Waals surface area contributed by atoms with Crippen LogP contribution in [0.4, 0.5) is 4.39 Å². The van der Waals surface area contributed by atoms with Gasteiger partial charge in [0.1, 0.15) is 6.61 Å². The van der Waals surface area contributed by atoms with Crippen LogP contribution in [-0.2, 0) is 0 Å². The summed E-state index contributed by atoms with van der Waals surface area (Å²) in [6.45, 7) is 0.591. The standard InChI is InChI=1S/C9H11BrFNO2/c1-13-8-5-6(10)4-7(11)9(8)14-3-2-12/h4-5H,2-3,12H2,1H3. The van der Waals surface area contributed by atoms with Crippen LogP contribution in [0.2, 0.25) is 0 Å². The predicted octanol–water partition coefficient (Wildman–Crippen LogP) is 1.93. The largest absolute Gasteiger partial charge is 0.493 e. The smallest absolute Gasteiger partial charge is 0.197 e. The van der Waals surface area contributed by atoms with Gasteiger partial charge in [0.05, 0.1) is 7.11 Å². The lowest BCUT2D eigenvalue weighted by Crippen LogP contribution is -2.11. The van der Waals surface area contributed by atoms with Crippen molar-refractivity contribution < 1.29 is 13.9 Å². The maximum absolute atomic E-state index is 13.3. The quantitative estimate of drug-likeness (QED) is 0.903. The van der Waals surface area contributed by atoms with Crippen molar-refractivity contribution in [3.05, 3.63) is 22.4 Å². The van der Waals surface area contributed by atoms with E-state index in [0.29, 0.717) is 16.8 Å². The fourth-order valence-electron chi connectivity index (χ4n) is 0.989. The molecule has 0 saturated heterocycles. The molecule has 0 aliphatic carbocycles. The average Bonchev–Trinajstić information content (AvgIpc) is 2.15. The average molecular weight is 264 g/mol. The van der Waals surface area contributed by atoms with E-state index in [0.717, 1.165) is 0 Å². The second kappa shape index (κ2) is 5.17. The maximum Gasteiger partial charge on any atom is 0.197 e. The van der Waals surface area contributed by atoms with Crippen LogP contribution < -0.4 is 15.2 Å². The first kappa shape index (κ1) is 11.3. The molecule has 0 atom stereocenters. The van der Waals surface area contributed by atoms with Crippen molar-refractivity contribution in [1.29, 1.82) is 0 Å². The molecule has 0 saturated carbocycles. The number of hydrogen-bond donors (Lipinski definition) is 1. The van der Waals surface area contributed by atoms with Crippen LogP contribution in [0, 0.1) is 5.82 Å². The molecule has 1 rings (SSSR count). The molecule has 2 N–H and O–H groups in total. The molecule has 0 radical (unpaired) electrons. The molecule has 0 bridgehead atoms. The van der Waals surface area contributed by atoms with E-state index in [1.54, 1.807) is 6.07 Å². The molecule has 14 heavy (non-hydrogen) atoms. The highest BCUT2D eigenvalue weighted by molar-refractivity contribution is 9.10. The van der Waals surface area contributed by atoms with Crippen molar-refractivity contribution in [2.75, 3.05) is 20.3 Å². The highest BCUT2D eigenvalue weighted by atomic mass is 79.9. The van der Waals surface area contributed by atoms with E-state index in [-0.39, 0.29) is 12.4 Å². The Morgan fingerprint density at radius 1 is 1.50 bits per heavy atom. The van der Waals surface area contributed by atoms with Gasteiger partial charge in [-0.1, -0.05) is 15.9 Å². The molecule has 0 aliphatic heterocycles. The first-order valence-corrected chi connectivity index (χ1v) is 4.84. The Balaban J connectivity index is 2.99. The number of benzene rings is 1. The van der Waals surface area contributed by atoms with Crippen LogP contribution in [0.15, 0.2) is 16.6 Å². The Morgan fingerprint density at radius 3 is 2.79 bits per heavy atom. The van der Waals surface area contributed by atoms with Crippen molar-refractivity contribution in [2.45, 2.75) is 0 Å². The Kier molecular flexibility index (Phi) is 4.16. The van der Waals surface area contributed by atoms with Crippen molar-refractivity contribution in [2.24, 2.45) is 5.73 Å². The lowest BCUT2D eigenvalue weighted by atomic mass is 10.3. The zero-order valence-corrected chi connectivity index (χ0v) is 9.30. The topological polar surface area (TPSA) is 44.5 Å². The lowest BCUT2D eigenvalue weighted by Gasteiger charge is -2.10. The summed E-state index contributed by atoms with van der Waals surface area (Å²) in [5.74, 6) is -0.0175. The zero-order valence-electron chi connectivity index (χ0n) is 7.72. The molecule has 0 fully saturated rings. The lowest BCUT2D eigenvalue weighted by molar-refractivity contribution is 0.287. The summed E-state index contributed by atoms with van der Waals surface area (Å²) in [6.07, 6.45) is 0. The highest BCUT2D eigenvalue weighted by Gasteiger charge is 2.11. The summed E-state index contributed by atoms with van der Waals surface area (Å²) in [5, 5.41) is 0. The summed E-state index contributed by atoms with van der Waals surface area (Å²) in [4.78, 5) is 0. The van der Waals surface area contributed by atoms with Gasteiger partial charge in [0.2, 0.25) is 0 Å². The molecule has 1 aromatic rings. The molecular weight excluding hydrogens is 253 g/mol. The molecule has 0 heterocycles. The number of rotatable bonds is 4. The van der Waals surface area contributed by atoms with Gasteiger partial charge in [0.15, 0.2) is 17.3 Å². The third-order valence-corrected chi connectivity index (χ3v) is 2.02. The monoisotopic (exact) mass is 263 g/mol. The second-order valence-electron chi connectivity index (χ2n) is 2.56. The first-order chi connectivity index (χ1) is 6.69. The van der Waals surface area contributed by atoms with Crippen molar-refractivity contribution in [3.8, 4) is 11.5 Å². The van der Waals surface area contributed by atoms with Crippen molar-refractivity contribution in [1.82, 2.24) is 0 Å². The van der Waals surface area contributed by atoms with E-state index in [2.05, 4.69) is 15.9 Å². The van der Waals surface area contributed by atoms with E-state index in [9.17, 15) is 4.39 Å².